The molecule has 0 saturated carbocycles. The number of aryl methyl sites for hydroxylation is 1. The van der Waals surface area contributed by atoms with Gasteiger partial charge in [0.25, 0.3) is 0 Å². The van der Waals surface area contributed by atoms with Crippen molar-refractivity contribution in [2.24, 2.45) is 0 Å². The van der Waals surface area contributed by atoms with Crippen LogP contribution in [0, 0.1) is 0 Å². The van der Waals surface area contributed by atoms with E-state index in [0.29, 0.717) is 12.1 Å². The Hall–Kier alpha value is -0.860. The highest BCUT2D eigenvalue weighted by atomic mass is 15.2. The molecule has 0 aliphatic heterocycles. The molecule has 0 fully saturated rings. The number of nitrogens with zero attached hydrogens (tertiary/aromatic N) is 1. The minimum Gasteiger partial charge on any atom is -0.312 e. The van der Waals surface area contributed by atoms with Gasteiger partial charge in [-0.3, -0.25) is 0 Å². The van der Waals surface area contributed by atoms with E-state index in [9.17, 15) is 0 Å². The van der Waals surface area contributed by atoms with Crippen molar-refractivity contribution in [3.05, 3.63) is 35.4 Å². The molecule has 0 saturated heterocycles. The lowest BCUT2D eigenvalue weighted by atomic mass is 9.98. The molecule has 0 amide bonds. The van der Waals surface area contributed by atoms with Crippen LogP contribution in [0.1, 0.15) is 50.8 Å². The molecule has 0 bridgehead atoms. The average Bonchev–Trinajstić information content (AvgIpc) is 2.46. The monoisotopic (exact) mass is 262 g/mol. The first-order valence-electron chi connectivity index (χ1n) is 7.60. The van der Waals surface area contributed by atoms with Crippen molar-refractivity contribution in [3.63, 3.8) is 0 Å². The Morgan fingerprint density at radius 3 is 2.26 bits per heavy atom. The lowest BCUT2D eigenvalue weighted by Crippen LogP contribution is -2.40. The fourth-order valence-corrected chi connectivity index (χ4v) is 2.51. The van der Waals surface area contributed by atoms with E-state index in [1.54, 1.807) is 0 Å². The Kier molecular flexibility index (Phi) is 7.11. The molecule has 1 aromatic carbocycles. The highest BCUT2D eigenvalue weighted by Crippen LogP contribution is 2.21. The van der Waals surface area contributed by atoms with Crippen LogP contribution in [0.3, 0.4) is 0 Å². The van der Waals surface area contributed by atoms with Crippen molar-refractivity contribution < 1.29 is 0 Å². The van der Waals surface area contributed by atoms with Crippen molar-refractivity contribution in [2.75, 3.05) is 20.6 Å². The standard InChI is InChI=1S/C17H30N2/c1-6-8-13-19(5)14(3)17(18-4)16-11-9-15(7-2)10-12-16/h9-12,14,17-18H,6-8,13H2,1-5H3. The fourth-order valence-electron chi connectivity index (χ4n) is 2.51. The summed E-state index contributed by atoms with van der Waals surface area (Å²) in [5.74, 6) is 0. The molecule has 1 rings (SSSR count). The van der Waals surface area contributed by atoms with Gasteiger partial charge in [-0.05, 0) is 51.5 Å². The summed E-state index contributed by atoms with van der Waals surface area (Å²) >= 11 is 0. The number of hydrogen-bond donors (Lipinski definition) is 1. The van der Waals surface area contributed by atoms with E-state index in [2.05, 4.69) is 69.3 Å². The van der Waals surface area contributed by atoms with E-state index in [0.717, 1.165) is 6.42 Å². The molecule has 0 aromatic heterocycles. The molecule has 19 heavy (non-hydrogen) atoms. The third kappa shape index (κ3) is 4.63. The molecule has 0 aliphatic carbocycles. The third-order valence-corrected chi connectivity index (χ3v) is 4.10. The van der Waals surface area contributed by atoms with Gasteiger partial charge >= 0.3 is 0 Å². The van der Waals surface area contributed by atoms with Crippen molar-refractivity contribution in [1.29, 1.82) is 0 Å². The molecule has 2 unspecified atom stereocenters. The van der Waals surface area contributed by atoms with Gasteiger partial charge in [-0.25, -0.2) is 0 Å². The first kappa shape index (κ1) is 16.2. The summed E-state index contributed by atoms with van der Waals surface area (Å²) in [5, 5.41) is 3.47. The van der Waals surface area contributed by atoms with Crippen LogP contribution < -0.4 is 5.32 Å². The molecule has 0 aliphatic rings. The lowest BCUT2D eigenvalue weighted by molar-refractivity contribution is 0.209. The molecule has 0 spiro atoms. The van der Waals surface area contributed by atoms with E-state index < -0.39 is 0 Å². The predicted octanol–water partition coefficient (Wildman–Crippen LogP) is 3.63. The molecule has 0 heterocycles. The quantitative estimate of drug-likeness (QED) is 0.769. The topological polar surface area (TPSA) is 15.3 Å². The molecular weight excluding hydrogens is 232 g/mol. The molecule has 1 N–H and O–H groups in total. The summed E-state index contributed by atoms with van der Waals surface area (Å²) in [6.45, 7) is 7.93. The van der Waals surface area contributed by atoms with Crippen molar-refractivity contribution in [1.82, 2.24) is 10.2 Å². The number of rotatable bonds is 8. The van der Waals surface area contributed by atoms with Crippen molar-refractivity contribution >= 4 is 0 Å². The van der Waals surface area contributed by atoms with Crippen LogP contribution >= 0.6 is 0 Å². The van der Waals surface area contributed by atoms with Crippen LogP contribution in [-0.2, 0) is 6.42 Å². The maximum Gasteiger partial charge on any atom is 0.0472 e. The Labute approximate surface area is 119 Å². The maximum atomic E-state index is 3.47. The van der Waals surface area contributed by atoms with Crippen molar-refractivity contribution in [3.8, 4) is 0 Å². The Balaban J connectivity index is 2.74. The minimum atomic E-state index is 0.396. The second-order valence-electron chi connectivity index (χ2n) is 5.44. The number of nitrogens with one attached hydrogen (secondary N) is 1. The highest BCUT2D eigenvalue weighted by Gasteiger charge is 2.20. The van der Waals surface area contributed by atoms with Gasteiger partial charge in [0.05, 0.1) is 0 Å². The van der Waals surface area contributed by atoms with Crippen molar-refractivity contribution in [2.45, 2.75) is 52.1 Å². The fraction of sp³-hybridized carbons (Fsp3) is 0.647. The van der Waals surface area contributed by atoms with Crippen LogP contribution in [0.5, 0.6) is 0 Å². The lowest BCUT2D eigenvalue weighted by Gasteiger charge is -2.32. The number of likely N-dealkylation sites (N-methyl/N-ethyl adjacent to an activating group) is 2. The van der Waals surface area contributed by atoms with E-state index in [-0.39, 0.29) is 0 Å². The Bertz CT molecular complexity index is 345. The van der Waals surface area contributed by atoms with Gasteiger partial charge < -0.3 is 10.2 Å². The summed E-state index contributed by atoms with van der Waals surface area (Å²) in [6, 6.07) is 9.93. The van der Waals surface area contributed by atoms with Gasteiger partial charge in [-0.2, -0.15) is 0 Å². The molecule has 1 aromatic rings. The summed E-state index contributed by atoms with van der Waals surface area (Å²) in [4.78, 5) is 2.46. The molecule has 2 atom stereocenters. The largest absolute Gasteiger partial charge is 0.312 e. The number of unbranched alkanes of at least 4 members (excludes halogenated alkanes) is 1. The zero-order valence-corrected chi connectivity index (χ0v) is 13.2. The second-order valence-corrected chi connectivity index (χ2v) is 5.44. The van der Waals surface area contributed by atoms with Gasteiger partial charge in [0.1, 0.15) is 0 Å². The third-order valence-electron chi connectivity index (χ3n) is 4.10. The van der Waals surface area contributed by atoms with Crippen LogP contribution in [-0.4, -0.2) is 31.6 Å². The molecule has 0 radical (unpaired) electrons. The van der Waals surface area contributed by atoms with E-state index in [1.165, 1.54) is 30.5 Å². The summed E-state index contributed by atoms with van der Waals surface area (Å²) in [6.07, 6.45) is 3.63. The Morgan fingerprint density at radius 1 is 1.16 bits per heavy atom. The van der Waals surface area contributed by atoms with Crippen LogP contribution in [0.25, 0.3) is 0 Å². The molecule has 108 valence electrons. The molecule has 2 nitrogen and oxygen atoms in total. The highest BCUT2D eigenvalue weighted by molar-refractivity contribution is 5.26. The smallest absolute Gasteiger partial charge is 0.0472 e. The zero-order chi connectivity index (χ0) is 14.3. The molecule has 2 heteroatoms. The van der Waals surface area contributed by atoms with Gasteiger partial charge in [-0.15, -0.1) is 0 Å². The number of hydrogen-bond acceptors (Lipinski definition) is 2. The maximum absolute atomic E-state index is 3.47. The zero-order valence-electron chi connectivity index (χ0n) is 13.2. The summed E-state index contributed by atoms with van der Waals surface area (Å²) in [7, 11) is 4.29. The first-order valence-corrected chi connectivity index (χ1v) is 7.60. The molecular formula is C17H30N2. The second kappa shape index (κ2) is 8.34. The van der Waals surface area contributed by atoms with Gasteiger partial charge in [0, 0.05) is 12.1 Å². The SMILES string of the molecule is CCCCN(C)C(C)C(NC)c1ccc(CC)cc1. The summed E-state index contributed by atoms with van der Waals surface area (Å²) in [5.41, 5.74) is 2.79. The van der Waals surface area contributed by atoms with E-state index in [4.69, 9.17) is 0 Å². The predicted molar refractivity (Wildman–Crippen MR) is 84.6 cm³/mol. The van der Waals surface area contributed by atoms with E-state index >= 15 is 0 Å². The van der Waals surface area contributed by atoms with Gasteiger partial charge in [0.2, 0.25) is 0 Å². The van der Waals surface area contributed by atoms with Gasteiger partial charge in [-0.1, -0.05) is 44.5 Å². The van der Waals surface area contributed by atoms with Gasteiger partial charge in [0.15, 0.2) is 0 Å². The minimum absolute atomic E-state index is 0.396. The first-order chi connectivity index (χ1) is 9.13. The van der Waals surface area contributed by atoms with E-state index in [1.807, 2.05) is 0 Å². The van der Waals surface area contributed by atoms with Crippen LogP contribution in [0.15, 0.2) is 24.3 Å². The van der Waals surface area contributed by atoms with Crippen LogP contribution in [0.2, 0.25) is 0 Å². The Morgan fingerprint density at radius 2 is 1.79 bits per heavy atom. The average molecular weight is 262 g/mol. The van der Waals surface area contributed by atoms with Crippen LogP contribution in [0.4, 0.5) is 0 Å². The normalized spacial score (nSPS) is 14.6. The summed E-state index contributed by atoms with van der Waals surface area (Å²) < 4.78 is 0. The number of benzene rings is 1.